The number of carboxylic acids is 1. The van der Waals surface area contributed by atoms with Crippen molar-refractivity contribution >= 4 is 17.8 Å². The molecule has 2 aliphatic rings. The van der Waals surface area contributed by atoms with Crippen LogP contribution in [0.2, 0.25) is 0 Å². The van der Waals surface area contributed by atoms with Crippen LogP contribution >= 0.6 is 0 Å². The first-order valence-electron chi connectivity index (χ1n) is 6.89. The van der Waals surface area contributed by atoms with Gasteiger partial charge in [0.25, 0.3) is 5.91 Å². The van der Waals surface area contributed by atoms with E-state index < -0.39 is 17.5 Å². The smallest absolute Gasteiger partial charge is 0.345 e. The SMILES string of the molecule is CC(=O)NC1CCCN(C(=O)C2(C(=O)O)CCCO2)C1. The molecule has 2 heterocycles. The summed E-state index contributed by atoms with van der Waals surface area (Å²) < 4.78 is 5.26. The van der Waals surface area contributed by atoms with Crippen molar-refractivity contribution < 1.29 is 24.2 Å². The van der Waals surface area contributed by atoms with Gasteiger partial charge in [-0.15, -0.1) is 0 Å². The summed E-state index contributed by atoms with van der Waals surface area (Å²) in [5.41, 5.74) is -1.72. The number of aliphatic carboxylic acids is 1. The molecule has 2 rings (SSSR count). The number of piperidine rings is 1. The highest BCUT2D eigenvalue weighted by atomic mass is 16.5. The Morgan fingerprint density at radius 1 is 1.35 bits per heavy atom. The Morgan fingerprint density at radius 3 is 2.65 bits per heavy atom. The number of ether oxygens (including phenoxy) is 1. The van der Waals surface area contributed by atoms with Gasteiger partial charge < -0.3 is 20.1 Å². The lowest BCUT2D eigenvalue weighted by molar-refractivity contribution is -0.174. The maximum atomic E-state index is 12.5. The van der Waals surface area contributed by atoms with E-state index in [1.807, 2.05) is 0 Å². The molecule has 112 valence electrons. The van der Waals surface area contributed by atoms with E-state index in [-0.39, 0.29) is 18.4 Å². The minimum absolute atomic E-state index is 0.113. The van der Waals surface area contributed by atoms with Gasteiger partial charge in [0.15, 0.2) is 0 Å². The zero-order valence-electron chi connectivity index (χ0n) is 11.6. The van der Waals surface area contributed by atoms with Gasteiger partial charge in [-0.1, -0.05) is 0 Å². The minimum Gasteiger partial charge on any atom is -0.479 e. The summed E-state index contributed by atoms with van der Waals surface area (Å²) in [4.78, 5) is 36.5. The average Bonchev–Trinajstić information content (AvgIpc) is 2.88. The Bertz CT molecular complexity index is 417. The van der Waals surface area contributed by atoms with Crippen molar-refractivity contribution in [1.82, 2.24) is 10.2 Å². The van der Waals surface area contributed by atoms with Gasteiger partial charge in [-0.25, -0.2) is 4.79 Å². The Balaban J connectivity index is 2.07. The fourth-order valence-electron chi connectivity index (χ4n) is 2.89. The standard InChI is InChI=1S/C13H20N2O5/c1-9(16)14-10-4-2-6-15(8-10)11(17)13(12(18)19)5-3-7-20-13/h10H,2-8H2,1H3,(H,14,16)(H,18,19). The van der Waals surface area contributed by atoms with Crippen molar-refractivity contribution in [2.24, 2.45) is 0 Å². The number of carboxylic acid groups (broad SMARTS) is 1. The first kappa shape index (κ1) is 14.8. The summed E-state index contributed by atoms with van der Waals surface area (Å²) in [7, 11) is 0. The Kier molecular flexibility index (Phi) is 4.27. The molecule has 0 aromatic rings. The molecule has 2 N–H and O–H groups in total. The third kappa shape index (κ3) is 2.77. The minimum atomic E-state index is -1.72. The van der Waals surface area contributed by atoms with Gasteiger partial charge in [0.2, 0.25) is 11.5 Å². The zero-order chi connectivity index (χ0) is 14.8. The summed E-state index contributed by atoms with van der Waals surface area (Å²) in [6, 6.07) is -0.113. The molecule has 2 aliphatic heterocycles. The maximum Gasteiger partial charge on any atom is 0.345 e. The van der Waals surface area contributed by atoms with Gasteiger partial charge >= 0.3 is 5.97 Å². The number of likely N-dealkylation sites (tertiary alicyclic amines) is 1. The molecule has 0 spiro atoms. The van der Waals surface area contributed by atoms with Crippen molar-refractivity contribution in [3.8, 4) is 0 Å². The van der Waals surface area contributed by atoms with Crippen molar-refractivity contribution in [3.05, 3.63) is 0 Å². The first-order chi connectivity index (χ1) is 9.45. The summed E-state index contributed by atoms with van der Waals surface area (Å²) >= 11 is 0. The predicted octanol–water partition coefficient (Wildman–Crippen LogP) is -0.253. The molecule has 2 fully saturated rings. The van der Waals surface area contributed by atoms with Gasteiger partial charge in [0.05, 0.1) is 0 Å². The van der Waals surface area contributed by atoms with E-state index in [4.69, 9.17) is 4.74 Å². The molecule has 0 aromatic heterocycles. The molecule has 0 radical (unpaired) electrons. The molecule has 0 saturated carbocycles. The van der Waals surface area contributed by atoms with E-state index in [9.17, 15) is 19.5 Å². The van der Waals surface area contributed by atoms with E-state index >= 15 is 0 Å². The van der Waals surface area contributed by atoms with Gasteiger partial charge in [-0.2, -0.15) is 0 Å². The number of carbonyl (C=O) groups excluding carboxylic acids is 2. The molecule has 20 heavy (non-hydrogen) atoms. The van der Waals surface area contributed by atoms with Crippen LogP contribution in [0.1, 0.15) is 32.6 Å². The van der Waals surface area contributed by atoms with Crippen molar-refractivity contribution in [3.63, 3.8) is 0 Å². The van der Waals surface area contributed by atoms with Crippen LogP contribution in [0.15, 0.2) is 0 Å². The van der Waals surface area contributed by atoms with Crippen molar-refractivity contribution in [1.29, 1.82) is 0 Å². The van der Waals surface area contributed by atoms with Crippen LogP contribution in [0, 0.1) is 0 Å². The van der Waals surface area contributed by atoms with Crippen LogP contribution in [-0.4, -0.2) is 59.1 Å². The Labute approximate surface area is 117 Å². The van der Waals surface area contributed by atoms with Crippen molar-refractivity contribution in [2.75, 3.05) is 19.7 Å². The third-order valence-corrected chi connectivity index (χ3v) is 3.83. The molecule has 7 heteroatoms. The summed E-state index contributed by atoms with van der Waals surface area (Å²) in [6.45, 7) is 2.57. The normalized spacial score (nSPS) is 30.1. The number of hydrogen-bond donors (Lipinski definition) is 2. The van der Waals surface area contributed by atoms with Crippen LogP contribution < -0.4 is 5.32 Å². The second-order valence-corrected chi connectivity index (χ2v) is 5.38. The van der Waals surface area contributed by atoms with E-state index in [2.05, 4.69) is 5.32 Å². The predicted molar refractivity (Wildman–Crippen MR) is 69.0 cm³/mol. The topological polar surface area (TPSA) is 95.9 Å². The lowest BCUT2D eigenvalue weighted by Crippen LogP contribution is -2.58. The molecular weight excluding hydrogens is 264 g/mol. The van der Waals surface area contributed by atoms with Gasteiger partial charge in [-0.3, -0.25) is 9.59 Å². The first-order valence-corrected chi connectivity index (χ1v) is 6.89. The zero-order valence-corrected chi connectivity index (χ0v) is 11.6. The third-order valence-electron chi connectivity index (χ3n) is 3.83. The summed E-state index contributed by atoms with van der Waals surface area (Å²) in [6.07, 6.45) is 2.32. The van der Waals surface area contributed by atoms with Crippen LogP contribution in [-0.2, 0) is 19.1 Å². The number of amides is 2. The average molecular weight is 284 g/mol. The number of nitrogens with zero attached hydrogens (tertiary/aromatic N) is 1. The second kappa shape index (κ2) is 5.78. The lowest BCUT2D eigenvalue weighted by Gasteiger charge is -2.36. The molecule has 0 aromatic carbocycles. The highest BCUT2D eigenvalue weighted by molar-refractivity contribution is 6.05. The van der Waals surface area contributed by atoms with Crippen LogP contribution in [0.25, 0.3) is 0 Å². The number of carbonyl (C=O) groups is 3. The number of rotatable bonds is 3. The van der Waals surface area contributed by atoms with Crippen molar-refractivity contribution in [2.45, 2.75) is 44.2 Å². The molecule has 2 atom stereocenters. The van der Waals surface area contributed by atoms with E-state index in [1.165, 1.54) is 11.8 Å². The highest BCUT2D eigenvalue weighted by Crippen LogP contribution is 2.29. The van der Waals surface area contributed by atoms with E-state index in [0.29, 0.717) is 26.1 Å². The molecule has 0 aliphatic carbocycles. The number of hydrogen-bond acceptors (Lipinski definition) is 4. The largest absolute Gasteiger partial charge is 0.479 e. The highest BCUT2D eigenvalue weighted by Gasteiger charge is 2.52. The summed E-state index contributed by atoms with van der Waals surface area (Å²) in [5.74, 6) is -1.85. The van der Waals surface area contributed by atoms with E-state index in [0.717, 1.165) is 12.8 Å². The van der Waals surface area contributed by atoms with Crippen LogP contribution in [0.4, 0.5) is 0 Å². The van der Waals surface area contributed by atoms with E-state index in [1.54, 1.807) is 0 Å². The van der Waals surface area contributed by atoms with Gasteiger partial charge in [0.1, 0.15) is 0 Å². The van der Waals surface area contributed by atoms with Crippen LogP contribution in [0.3, 0.4) is 0 Å². The lowest BCUT2D eigenvalue weighted by atomic mass is 9.96. The maximum absolute atomic E-state index is 12.5. The molecule has 2 unspecified atom stereocenters. The Morgan fingerprint density at radius 2 is 2.10 bits per heavy atom. The fourth-order valence-corrected chi connectivity index (χ4v) is 2.89. The molecule has 2 saturated heterocycles. The monoisotopic (exact) mass is 284 g/mol. The Hall–Kier alpha value is -1.63. The number of nitrogens with one attached hydrogen (secondary N) is 1. The fraction of sp³-hybridized carbons (Fsp3) is 0.769. The molecular formula is C13H20N2O5. The quantitative estimate of drug-likeness (QED) is 0.697. The molecule has 0 bridgehead atoms. The molecule has 2 amide bonds. The summed E-state index contributed by atoms with van der Waals surface area (Å²) in [5, 5.41) is 12.1. The van der Waals surface area contributed by atoms with Gasteiger partial charge in [0, 0.05) is 32.7 Å². The van der Waals surface area contributed by atoms with Gasteiger partial charge in [-0.05, 0) is 25.7 Å². The molecule has 7 nitrogen and oxygen atoms in total. The van der Waals surface area contributed by atoms with Crippen LogP contribution in [0.5, 0.6) is 0 Å². The second-order valence-electron chi connectivity index (χ2n) is 5.38.